The van der Waals surface area contributed by atoms with Gasteiger partial charge in [-0.25, -0.2) is 0 Å². The molecule has 0 heterocycles. The lowest BCUT2D eigenvalue weighted by Crippen LogP contribution is -2.17. The summed E-state index contributed by atoms with van der Waals surface area (Å²) in [6.45, 7) is 1.94. The van der Waals surface area contributed by atoms with Crippen LogP contribution in [0.25, 0.3) is 0 Å². The molecule has 0 aliphatic rings. The zero-order chi connectivity index (χ0) is 15.8. The maximum atomic E-state index is 12.0. The number of hydrogen-bond donors (Lipinski definition) is 0. The van der Waals surface area contributed by atoms with Crippen molar-refractivity contribution in [1.82, 2.24) is 0 Å². The number of rotatable bonds is 6. The van der Waals surface area contributed by atoms with E-state index in [2.05, 4.69) is 0 Å². The predicted octanol–water partition coefficient (Wildman–Crippen LogP) is 3.27. The van der Waals surface area contributed by atoms with Crippen molar-refractivity contribution in [3.8, 4) is 0 Å². The van der Waals surface area contributed by atoms with Gasteiger partial charge in [0, 0.05) is 0 Å². The summed E-state index contributed by atoms with van der Waals surface area (Å²) in [5.41, 5.74) is 1.71. The van der Waals surface area contributed by atoms with Crippen molar-refractivity contribution in [2.45, 2.75) is 19.4 Å². The first-order valence-corrected chi connectivity index (χ1v) is 7.15. The van der Waals surface area contributed by atoms with Crippen LogP contribution in [0.1, 0.15) is 30.6 Å². The third-order valence-corrected chi connectivity index (χ3v) is 3.05. The minimum absolute atomic E-state index is 0.243. The molecule has 2 aromatic carbocycles. The molecule has 0 aromatic heterocycles. The molecule has 0 fully saturated rings. The molecule has 0 spiro atoms. The number of carbonyl (C=O) groups is 2. The molecule has 114 valence electrons. The second kappa shape index (κ2) is 7.98. The number of esters is 2. The Hall–Kier alpha value is -2.62. The summed E-state index contributed by atoms with van der Waals surface area (Å²) in [5.74, 6) is -1.18. The predicted molar refractivity (Wildman–Crippen MR) is 82.1 cm³/mol. The molecule has 2 aromatic rings. The second-order valence-corrected chi connectivity index (χ2v) is 4.67. The average Bonchev–Trinajstić information content (AvgIpc) is 2.54. The Kier molecular flexibility index (Phi) is 5.72. The van der Waals surface area contributed by atoms with Crippen molar-refractivity contribution in [1.29, 1.82) is 0 Å². The lowest BCUT2D eigenvalue weighted by molar-refractivity contribution is -0.156. The molecular formula is C18H18O4. The minimum atomic E-state index is -0.601. The van der Waals surface area contributed by atoms with Gasteiger partial charge in [-0.1, -0.05) is 60.7 Å². The van der Waals surface area contributed by atoms with Gasteiger partial charge in [-0.3, -0.25) is 9.59 Å². The van der Waals surface area contributed by atoms with Crippen molar-refractivity contribution in [3.63, 3.8) is 0 Å². The third kappa shape index (κ3) is 4.45. The van der Waals surface area contributed by atoms with Crippen LogP contribution >= 0.6 is 0 Å². The van der Waals surface area contributed by atoms with Crippen molar-refractivity contribution in [2.24, 2.45) is 0 Å². The van der Waals surface area contributed by atoms with Gasteiger partial charge in [-0.05, 0) is 18.1 Å². The van der Waals surface area contributed by atoms with Gasteiger partial charge in [-0.15, -0.1) is 0 Å². The van der Waals surface area contributed by atoms with Gasteiger partial charge in [0.1, 0.15) is 6.42 Å². The Labute approximate surface area is 129 Å². The van der Waals surface area contributed by atoms with Crippen LogP contribution in [0.4, 0.5) is 0 Å². The molecule has 0 aliphatic heterocycles. The molecule has 0 unspecified atom stereocenters. The van der Waals surface area contributed by atoms with Crippen molar-refractivity contribution < 1.29 is 19.1 Å². The van der Waals surface area contributed by atoms with Gasteiger partial charge in [0.2, 0.25) is 0 Å². The van der Waals surface area contributed by atoms with Crippen molar-refractivity contribution in [3.05, 3.63) is 71.8 Å². The highest BCUT2D eigenvalue weighted by atomic mass is 16.6. The van der Waals surface area contributed by atoms with E-state index in [9.17, 15) is 9.59 Å². The highest BCUT2D eigenvalue weighted by Gasteiger charge is 2.20. The van der Waals surface area contributed by atoms with E-state index >= 15 is 0 Å². The van der Waals surface area contributed by atoms with E-state index in [1.165, 1.54) is 0 Å². The molecule has 0 saturated heterocycles. The highest BCUT2D eigenvalue weighted by molar-refractivity contribution is 5.91. The summed E-state index contributed by atoms with van der Waals surface area (Å²) in [4.78, 5) is 23.3. The Balaban J connectivity index is 2.16. The maximum Gasteiger partial charge on any atom is 0.318 e. The molecule has 0 atom stereocenters. The van der Waals surface area contributed by atoms with E-state index in [-0.39, 0.29) is 13.0 Å². The first-order chi connectivity index (χ1) is 10.7. The Morgan fingerprint density at radius 1 is 0.864 bits per heavy atom. The first-order valence-electron chi connectivity index (χ1n) is 7.15. The van der Waals surface area contributed by atoms with Crippen molar-refractivity contribution in [2.75, 3.05) is 6.61 Å². The van der Waals surface area contributed by atoms with Crippen LogP contribution in [0, 0.1) is 0 Å². The summed E-state index contributed by atoms with van der Waals surface area (Å²) in [7, 11) is 0. The SMILES string of the molecule is CCOC(=O)CC(=O)OC(c1ccccc1)c1ccccc1. The van der Waals surface area contributed by atoms with E-state index in [4.69, 9.17) is 9.47 Å². The fourth-order valence-electron chi connectivity index (χ4n) is 2.09. The summed E-state index contributed by atoms with van der Waals surface area (Å²) in [6.07, 6.45) is -0.923. The largest absolute Gasteiger partial charge is 0.466 e. The number of benzene rings is 2. The smallest absolute Gasteiger partial charge is 0.318 e. The molecule has 0 bridgehead atoms. The number of carbonyl (C=O) groups excluding carboxylic acids is 2. The molecule has 0 aliphatic carbocycles. The fraction of sp³-hybridized carbons (Fsp3) is 0.222. The van der Waals surface area contributed by atoms with E-state index in [1.807, 2.05) is 60.7 Å². The topological polar surface area (TPSA) is 52.6 Å². The van der Waals surface area contributed by atoms with Gasteiger partial charge in [0.05, 0.1) is 6.61 Å². The van der Waals surface area contributed by atoms with E-state index in [1.54, 1.807) is 6.92 Å². The van der Waals surface area contributed by atoms with Crippen LogP contribution in [-0.2, 0) is 19.1 Å². The standard InChI is InChI=1S/C18H18O4/c1-2-21-16(19)13-17(20)22-18(14-9-5-3-6-10-14)15-11-7-4-8-12-15/h3-12,18H,2,13H2,1H3. The molecule has 22 heavy (non-hydrogen) atoms. The second-order valence-electron chi connectivity index (χ2n) is 4.67. The quantitative estimate of drug-likeness (QED) is 0.606. The Morgan fingerprint density at radius 3 is 1.82 bits per heavy atom. The van der Waals surface area contributed by atoms with Crippen LogP contribution in [0.15, 0.2) is 60.7 Å². The number of hydrogen-bond acceptors (Lipinski definition) is 4. The summed E-state index contributed by atoms with van der Waals surface area (Å²) < 4.78 is 10.3. The zero-order valence-electron chi connectivity index (χ0n) is 12.4. The molecule has 0 saturated carbocycles. The molecule has 2 rings (SSSR count). The summed E-state index contributed by atoms with van der Waals surface area (Å²) in [5, 5.41) is 0. The molecule has 4 heteroatoms. The maximum absolute atomic E-state index is 12.0. The van der Waals surface area contributed by atoms with Crippen molar-refractivity contribution >= 4 is 11.9 Å². The van der Waals surface area contributed by atoms with Gasteiger partial charge >= 0.3 is 11.9 Å². The highest BCUT2D eigenvalue weighted by Crippen LogP contribution is 2.26. The Bertz CT molecular complexity index is 568. The van der Waals surface area contributed by atoms with Crippen LogP contribution in [0.3, 0.4) is 0 Å². The van der Waals surface area contributed by atoms with E-state index < -0.39 is 18.0 Å². The first kappa shape index (κ1) is 15.8. The number of ether oxygens (including phenoxy) is 2. The molecule has 4 nitrogen and oxygen atoms in total. The zero-order valence-corrected chi connectivity index (χ0v) is 12.4. The Morgan fingerprint density at radius 2 is 1.36 bits per heavy atom. The summed E-state index contributed by atoms with van der Waals surface area (Å²) >= 11 is 0. The lowest BCUT2D eigenvalue weighted by atomic mass is 10.0. The van der Waals surface area contributed by atoms with E-state index in [0.29, 0.717) is 0 Å². The van der Waals surface area contributed by atoms with Crippen LogP contribution in [0.5, 0.6) is 0 Å². The molecule has 0 N–H and O–H groups in total. The monoisotopic (exact) mass is 298 g/mol. The molecule has 0 amide bonds. The van der Waals surface area contributed by atoms with E-state index in [0.717, 1.165) is 11.1 Å². The fourth-order valence-corrected chi connectivity index (χ4v) is 2.09. The van der Waals surface area contributed by atoms with Gasteiger partial charge in [0.25, 0.3) is 0 Å². The third-order valence-electron chi connectivity index (χ3n) is 3.05. The van der Waals surface area contributed by atoms with Crippen LogP contribution in [-0.4, -0.2) is 18.5 Å². The van der Waals surface area contributed by atoms with Gasteiger partial charge in [0.15, 0.2) is 6.10 Å². The summed E-state index contributed by atoms with van der Waals surface area (Å²) in [6, 6.07) is 18.8. The normalized spacial score (nSPS) is 10.3. The van der Waals surface area contributed by atoms with Gasteiger partial charge in [-0.2, -0.15) is 0 Å². The van der Waals surface area contributed by atoms with Crippen LogP contribution in [0.2, 0.25) is 0 Å². The lowest BCUT2D eigenvalue weighted by Gasteiger charge is -2.18. The van der Waals surface area contributed by atoms with Gasteiger partial charge < -0.3 is 9.47 Å². The molecule has 0 radical (unpaired) electrons. The average molecular weight is 298 g/mol. The minimum Gasteiger partial charge on any atom is -0.466 e. The van der Waals surface area contributed by atoms with Crippen LogP contribution < -0.4 is 0 Å². The molecular weight excluding hydrogens is 280 g/mol.